The van der Waals surface area contributed by atoms with Gasteiger partial charge in [0.1, 0.15) is 0 Å². The first kappa shape index (κ1) is 15.8. The fraction of sp³-hybridized carbons (Fsp3) is 0.0667. The van der Waals surface area contributed by atoms with E-state index < -0.39 is 0 Å². The predicted molar refractivity (Wildman–Crippen MR) is 91.3 cm³/mol. The zero-order valence-electron chi connectivity index (χ0n) is 11.1. The molecular weight excluding hydrogens is 327 g/mol. The number of amides is 1. The third kappa shape index (κ3) is 4.43. The third-order valence-electron chi connectivity index (χ3n) is 2.72. The molecule has 0 bridgehead atoms. The molecule has 108 valence electrons. The molecule has 0 atom stereocenters. The number of rotatable bonds is 2. The Kier molecular flexibility index (Phi) is 5.17. The van der Waals surface area contributed by atoms with Gasteiger partial charge < -0.3 is 5.32 Å². The summed E-state index contributed by atoms with van der Waals surface area (Å²) in [6, 6.07) is 12.2. The molecule has 2 aromatic rings. The van der Waals surface area contributed by atoms with E-state index in [1.54, 1.807) is 30.3 Å². The number of nitrogens with one attached hydrogen (secondary N) is 2. The van der Waals surface area contributed by atoms with Crippen molar-refractivity contribution < 1.29 is 4.79 Å². The molecule has 2 aromatic carbocycles. The lowest BCUT2D eigenvalue weighted by atomic mass is 10.1. The summed E-state index contributed by atoms with van der Waals surface area (Å²) in [4.78, 5) is 12.0. The standard InChI is InChI=1S/C15H12Cl2N2OS/c1-9-2-4-10(5-3-9)14(20)19-15(21)18-11-6-7-12(16)13(17)8-11/h2-8H,1H3,(H2,18,19,20,21). The normalized spacial score (nSPS) is 10.0. The van der Waals surface area contributed by atoms with Gasteiger partial charge in [-0.05, 0) is 49.5 Å². The maximum atomic E-state index is 12.0. The fourth-order valence-corrected chi connectivity index (χ4v) is 2.13. The molecule has 2 rings (SSSR count). The van der Waals surface area contributed by atoms with Gasteiger partial charge in [0, 0.05) is 11.3 Å². The average molecular weight is 339 g/mol. The SMILES string of the molecule is Cc1ccc(C(=O)NC(=S)Nc2ccc(Cl)c(Cl)c2)cc1. The van der Waals surface area contributed by atoms with E-state index in [1.807, 2.05) is 19.1 Å². The Bertz CT molecular complexity index is 687. The number of hydrogen-bond acceptors (Lipinski definition) is 2. The van der Waals surface area contributed by atoms with Crippen LogP contribution in [0.3, 0.4) is 0 Å². The highest BCUT2D eigenvalue weighted by Crippen LogP contribution is 2.24. The van der Waals surface area contributed by atoms with Crippen LogP contribution in [0.25, 0.3) is 0 Å². The van der Waals surface area contributed by atoms with Crippen molar-refractivity contribution in [3.63, 3.8) is 0 Å². The molecular formula is C15H12Cl2N2OS. The van der Waals surface area contributed by atoms with Gasteiger partial charge in [-0.15, -0.1) is 0 Å². The smallest absolute Gasteiger partial charge is 0.257 e. The Morgan fingerprint density at radius 3 is 2.33 bits per heavy atom. The molecule has 0 saturated heterocycles. The molecule has 0 heterocycles. The van der Waals surface area contributed by atoms with E-state index >= 15 is 0 Å². The van der Waals surface area contributed by atoms with E-state index in [4.69, 9.17) is 35.4 Å². The first-order chi connectivity index (χ1) is 9.95. The molecule has 0 aliphatic heterocycles. The number of anilines is 1. The van der Waals surface area contributed by atoms with Crippen LogP contribution in [0.15, 0.2) is 42.5 Å². The highest BCUT2D eigenvalue weighted by atomic mass is 35.5. The Morgan fingerprint density at radius 2 is 1.71 bits per heavy atom. The number of carbonyl (C=O) groups excluding carboxylic acids is 1. The molecule has 0 unspecified atom stereocenters. The van der Waals surface area contributed by atoms with Crippen LogP contribution in [0, 0.1) is 6.92 Å². The van der Waals surface area contributed by atoms with Crippen molar-refractivity contribution in [1.29, 1.82) is 0 Å². The first-order valence-corrected chi connectivity index (χ1v) is 7.26. The van der Waals surface area contributed by atoms with Crippen molar-refractivity contribution in [1.82, 2.24) is 5.32 Å². The summed E-state index contributed by atoms with van der Waals surface area (Å²) in [5, 5.41) is 6.54. The number of thiocarbonyl (C=S) groups is 1. The van der Waals surface area contributed by atoms with Crippen molar-refractivity contribution in [2.45, 2.75) is 6.92 Å². The monoisotopic (exact) mass is 338 g/mol. The second-order valence-corrected chi connectivity index (χ2v) is 5.63. The van der Waals surface area contributed by atoms with E-state index in [9.17, 15) is 4.79 Å². The molecule has 0 aromatic heterocycles. The van der Waals surface area contributed by atoms with E-state index in [-0.39, 0.29) is 11.0 Å². The van der Waals surface area contributed by atoms with Crippen LogP contribution in [0.2, 0.25) is 10.0 Å². The average Bonchev–Trinajstić information content (AvgIpc) is 2.43. The fourth-order valence-electron chi connectivity index (χ4n) is 1.62. The molecule has 0 saturated carbocycles. The summed E-state index contributed by atoms with van der Waals surface area (Å²) < 4.78 is 0. The highest BCUT2D eigenvalue weighted by molar-refractivity contribution is 7.80. The summed E-state index contributed by atoms with van der Waals surface area (Å²) in [6.07, 6.45) is 0. The van der Waals surface area contributed by atoms with E-state index in [0.29, 0.717) is 21.3 Å². The van der Waals surface area contributed by atoms with Gasteiger partial charge in [-0.2, -0.15) is 0 Å². The van der Waals surface area contributed by atoms with Gasteiger partial charge in [0.2, 0.25) is 0 Å². The van der Waals surface area contributed by atoms with Crippen LogP contribution in [0.5, 0.6) is 0 Å². The zero-order chi connectivity index (χ0) is 15.4. The van der Waals surface area contributed by atoms with Crippen molar-refractivity contribution in [3.05, 3.63) is 63.6 Å². The molecule has 21 heavy (non-hydrogen) atoms. The van der Waals surface area contributed by atoms with Crippen LogP contribution in [-0.2, 0) is 0 Å². The van der Waals surface area contributed by atoms with Gasteiger partial charge in [-0.1, -0.05) is 40.9 Å². The van der Waals surface area contributed by atoms with Crippen molar-refractivity contribution in [3.8, 4) is 0 Å². The summed E-state index contributed by atoms with van der Waals surface area (Å²) in [6.45, 7) is 1.96. The van der Waals surface area contributed by atoms with Gasteiger partial charge >= 0.3 is 0 Å². The van der Waals surface area contributed by atoms with E-state index in [1.165, 1.54) is 0 Å². The summed E-state index contributed by atoms with van der Waals surface area (Å²) in [5.74, 6) is -0.271. The lowest BCUT2D eigenvalue weighted by Gasteiger charge is -2.10. The molecule has 0 aliphatic rings. The van der Waals surface area contributed by atoms with Gasteiger partial charge in [-0.25, -0.2) is 0 Å². The molecule has 3 nitrogen and oxygen atoms in total. The second kappa shape index (κ2) is 6.89. The minimum absolute atomic E-state index is 0.193. The number of benzene rings is 2. The predicted octanol–water partition coefficient (Wildman–Crippen LogP) is 4.43. The van der Waals surface area contributed by atoms with E-state index in [0.717, 1.165) is 5.56 Å². The summed E-state index contributed by atoms with van der Waals surface area (Å²) in [7, 11) is 0. The van der Waals surface area contributed by atoms with Crippen LogP contribution < -0.4 is 10.6 Å². The van der Waals surface area contributed by atoms with Crippen molar-refractivity contribution in [2.24, 2.45) is 0 Å². The van der Waals surface area contributed by atoms with Crippen LogP contribution in [0.4, 0.5) is 5.69 Å². The van der Waals surface area contributed by atoms with Gasteiger partial charge in [0.15, 0.2) is 5.11 Å². The lowest BCUT2D eigenvalue weighted by molar-refractivity contribution is 0.0978. The molecule has 6 heteroatoms. The largest absolute Gasteiger partial charge is 0.332 e. The van der Waals surface area contributed by atoms with Crippen molar-refractivity contribution in [2.75, 3.05) is 5.32 Å². The maximum absolute atomic E-state index is 12.0. The summed E-state index contributed by atoms with van der Waals surface area (Å²) in [5.41, 5.74) is 2.28. The summed E-state index contributed by atoms with van der Waals surface area (Å²) >= 11 is 16.8. The zero-order valence-corrected chi connectivity index (χ0v) is 13.4. The van der Waals surface area contributed by atoms with Gasteiger partial charge in [0.25, 0.3) is 5.91 Å². The Balaban J connectivity index is 1.99. The Labute approximate surface area is 138 Å². The number of carbonyl (C=O) groups is 1. The lowest BCUT2D eigenvalue weighted by Crippen LogP contribution is -2.34. The Hall–Kier alpha value is -1.62. The van der Waals surface area contributed by atoms with Crippen molar-refractivity contribution >= 4 is 52.1 Å². The van der Waals surface area contributed by atoms with E-state index in [2.05, 4.69) is 10.6 Å². The molecule has 0 spiro atoms. The topological polar surface area (TPSA) is 41.1 Å². The van der Waals surface area contributed by atoms with Gasteiger partial charge in [0.05, 0.1) is 10.0 Å². The minimum Gasteiger partial charge on any atom is -0.332 e. The van der Waals surface area contributed by atoms with Gasteiger partial charge in [-0.3, -0.25) is 10.1 Å². The van der Waals surface area contributed by atoms with Crippen LogP contribution >= 0.6 is 35.4 Å². The first-order valence-electron chi connectivity index (χ1n) is 6.10. The highest BCUT2D eigenvalue weighted by Gasteiger charge is 2.08. The molecule has 0 fully saturated rings. The van der Waals surface area contributed by atoms with Crippen LogP contribution in [0.1, 0.15) is 15.9 Å². The Morgan fingerprint density at radius 1 is 1.05 bits per heavy atom. The minimum atomic E-state index is -0.271. The number of aryl methyl sites for hydroxylation is 1. The quantitative estimate of drug-likeness (QED) is 0.796. The second-order valence-electron chi connectivity index (χ2n) is 4.40. The molecule has 1 amide bonds. The molecule has 0 radical (unpaired) electrons. The number of halogens is 2. The molecule has 0 aliphatic carbocycles. The van der Waals surface area contributed by atoms with Crippen LogP contribution in [-0.4, -0.2) is 11.0 Å². The molecule has 2 N–H and O–H groups in total. The number of hydrogen-bond donors (Lipinski definition) is 2. The maximum Gasteiger partial charge on any atom is 0.257 e. The third-order valence-corrected chi connectivity index (χ3v) is 3.66.